The zero-order chi connectivity index (χ0) is 17.8. The highest BCUT2D eigenvalue weighted by atomic mass is 16.6. The molecule has 0 amide bonds. The molecule has 6 nitrogen and oxygen atoms in total. The topological polar surface area (TPSA) is 82.3 Å². The van der Waals surface area contributed by atoms with Gasteiger partial charge in [-0.15, -0.1) is 0 Å². The Morgan fingerprint density at radius 3 is 2.68 bits per heavy atom. The Hall–Kier alpha value is -3.54. The summed E-state index contributed by atoms with van der Waals surface area (Å²) in [5.74, 6) is -0.0116. The molecule has 0 bridgehead atoms. The number of benzene rings is 2. The maximum absolute atomic E-state index is 11.2. The number of ether oxygens (including phenoxy) is 1. The van der Waals surface area contributed by atoms with Crippen molar-refractivity contribution in [2.75, 3.05) is 0 Å². The number of para-hydroxylation sites is 1. The van der Waals surface area contributed by atoms with E-state index in [-0.39, 0.29) is 5.69 Å². The van der Waals surface area contributed by atoms with E-state index in [1.807, 2.05) is 18.2 Å². The van der Waals surface area contributed by atoms with E-state index in [4.69, 9.17) is 4.74 Å². The van der Waals surface area contributed by atoms with Crippen molar-refractivity contribution < 1.29 is 14.5 Å². The fraction of sp³-hybridized carbons (Fsp3) is 0.0526. The Morgan fingerprint density at radius 1 is 1.12 bits per heavy atom. The van der Waals surface area contributed by atoms with E-state index in [1.165, 1.54) is 19.1 Å². The number of nitro benzene ring substituents is 1. The summed E-state index contributed by atoms with van der Waals surface area (Å²) in [7, 11) is 0. The first-order valence-corrected chi connectivity index (χ1v) is 7.54. The van der Waals surface area contributed by atoms with Crippen LogP contribution in [0.3, 0.4) is 0 Å². The highest BCUT2D eigenvalue weighted by Crippen LogP contribution is 2.25. The van der Waals surface area contributed by atoms with Crippen molar-refractivity contribution >= 4 is 34.7 Å². The molecule has 0 saturated carbocycles. The number of hydrogen-bond donors (Lipinski definition) is 0. The second-order valence-corrected chi connectivity index (χ2v) is 5.34. The van der Waals surface area contributed by atoms with Crippen molar-refractivity contribution in [2.24, 2.45) is 0 Å². The lowest BCUT2D eigenvalue weighted by Gasteiger charge is -2.06. The van der Waals surface area contributed by atoms with Gasteiger partial charge in [-0.2, -0.15) is 0 Å². The Kier molecular flexibility index (Phi) is 4.52. The molecule has 0 aliphatic heterocycles. The standard InChI is InChI=1S/C19H14N2O4/c1-13(22)25-18-7-3-5-15-9-11-16(20-19(15)18)10-8-14-4-2-6-17(12-14)21(23)24/h2-12H,1H3/b10-8+. The number of carbonyl (C=O) groups is 1. The van der Waals surface area contributed by atoms with Crippen LogP contribution in [-0.2, 0) is 4.79 Å². The van der Waals surface area contributed by atoms with E-state index in [1.54, 1.807) is 36.4 Å². The van der Waals surface area contributed by atoms with Gasteiger partial charge < -0.3 is 4.74 Å². The van der Waals surface area contributed by atoms with Crippen LogP contribution in [0, 0.1) is 10.1 Å². The minimum Gasteiger partial charge on any atom is -0.424 e. The molecule has 0 aliphatic carbocycles. The SMILES string of the molecule is CC(=O)Oc1cccc2ccc(/C=C/c3cccc([N+](=O)[O-])c3)nc12. The molecule has 1 heterocycles. The lowest BCUT2D eigenvalue weighted by atomic mass is 10.1. The lowest BCUT2D eigenvalue weighted by Crippen LogP contribution is -2.02. The highest BCUT2D eigenvalue weighted by Gasteiger charge is 2.07. The summed E-state index contributed by atoms with van der Waals surface area (Å²) in [6, 6.07) is 15.4. The van der Waals surface area contributed by atoms with Gasteiger partial charge in [-0.25, -0.2) is 4.98 Å². The number of nitrogens with zero attached hydrogens (tertiary/aromatic N) is 2. The molecule has 0 atom stereocenters. The first-order chi connectivity index (χ1) is 12.0. The van der Waals surface area contributed by atoms with Crippen molar-refractivity contribution in [1.29, 1.82) is 0 Å². The molecule has 124 valence electrons. The molecule has 0 N–H and O–H groups in total. The lowest BCUT2D eigenvalue weighted by molar-refractivity contribution is -0.384. The van der Waals surface area contributed by atoms with Crippen LogP contribution in [0.25, 0.3) is 23.1 Å². The number of non-ortho nitro benzene ring substituents is 1. The highest BCUT2D eigenvalue weighted by molar-refractivity contribution is 5.88. The van der Waals surface area contributed by atoms with Gasteiger partial charge in [-0.05, 0) is 23.8 Å². The third-order valence-electron chi connectivity index (χ3n) is 3.49. The van der Waals surface area contributed by atoms with Gasteiger partial charge in [0.1, 0.15) is 5.52 Å². The third kappa shape index (κ3) is 3.87. The molecule has 25 heavy (non-hydrogen) atoms. The Bertz CT molecular complexity index is 996. The van der Waals surface area contributed by atoms with Crippen molar-refractivity contribution in [3.05, 3.63) is 76.0 Å². The van der Waals surface area contributed by atoms with Crippen molar-refractivity contribution in [1.82, 2.24) is 4.98 Å². The van der Waals surface area contributed by atoms with E-state index in [0.29, 0.717) is 22.5 Å². The fourth-order valence-corrected chi connectivity index (χ4v) is 2.39. The van der Waals surface area contributed by atoms with Crippen molar-refractivity contribution in [3.63, 3.8) is 0 Å². The number of fused-ring (bicyclic) bond motifs is 1. The molecule has 0 fully saturated rings. The summed E-state index contributed by atoms with van der Waals surface area (Å²) in [5.41, 5.74) is 1.97. The van der Waals surface area contributed by atoms with Crippen LogP contribution in [0.4, 0.5) is 5.69 Å². The number of hydrogen-bond acceptors (Lipinski definition) is 5. The first-order valence-electron chi connectivity index (χ1n) is 7.54. The van der Waals surface area contributed by atoms with E-state index in [0.717, 1.165) is 5.39 Å². The molecule has 0 unspecified atom stereocenters. The summed E-state index contributed by atoms with van der Waals surface area (Å²) < 4.78 is 5.19. The average molecular weight is 334 g/mol. The maximum atomic E-state index is 11.2. The largest absolute Gasteiger partial charge is 0.424 e. The van der Waals surface area contributed by atoms with Crippen LogP contribution < -0.4 is 4.74 Å². The van der Waals surface area contributed by atoms with Gasteiger partial charge in [0.2, 0.25) is 0 Å². The smallest absolute Gasteiger partial charge is 0.308 e. The number of aromatic nitrogens is 1. The van der Waals surface area contributed by atoms with Crippen LogP contribution in [0.15, 0.2) is 54.6 Å². The van der Waals surface area contributed by atoms with Gasteiger partial charge in [-0.1, -0.05) is 36.4 Å². The molecule has 0 saturated heterocycles. The molecule has 2 aromatic carbocycles. The summed E-state index contributed by atoms with van der Waals surface area (Å²) in [4.78, 5) is 26.1. The summed E-state index contributed by atoms with van der Waals surface area (Å²) in [6.07, 6.45) is 3.50. The van der Waals surface area contributed by atoms with Crippen molar-refractivity contribution in [2.45, 2.75) is 6.92 Å². The minimum absolute atomic E-state index is 0.0331. The molecular weight excluding hydrogens is 320 g/mol. The van der Waals surface area contributed by atoms with Crippen molar-refractivity contribution in [3.8, 4) is 5.75 Å². The van der Waals surface area contributed by atoms with Gasteiger partial charge >= 0.3 is 5.97 Å². The van der Waals surface area contributed by atoms with E-state index >= 15 is 0 Å². The fourth-order valence-electron chi connectivity index (χ4n) is 2.39. The van der Waals surface area contributed by atoms with E-state index in [9.17, 15) is 14.9 Å². The van der Waals surface area contributed by atoms with Gasteiger partial charge in [0.05, 0.1) is 10.6 Å². The third-order valence-corrected chi connectivity index (χ3v) is 3.49. The normalized spacial score (nSPS) is 10.9. The number of esters is 1. The summed E-state index contributed by atoms with van der Waals surface area (Å²) >= 11 is 0. The van der Waals surface area contributed by atoms with E-state index < -0.39 is 10.9 Å². The number of rotatable bonds is 4. The average Bonchev–Trinajstić information content (AvgIpc) is 2.60. The predicted molar refractivity (Wildman–Crippen MR) is 95.1 cm³/mol. The van der Waals surface area contributed by atoms with Crippen LogP contribution in [-0.4, -0.2) is 15.9 Å². The Labute approximate surface area is 143 Å². The van der Waals surface area contributed by atoms with Gasteiger partial charge in [-0.3, -0.25) is 14.9 Å². The van der Waals surface area contributed by atoms with Crippen LogP contribution >= 0.6 is 0 Å². The number of pyridine rings is 1. The molecular formula is C19H14N2O4. The molecule has 3 aromatic rings. The first kappa shape index (κ1) is 16.3. The zero-order valence-electron chi connectivity index (χ0n) is 13.4. The second kappa shape index (κ2) is 6.92. The van der Waals surface area contributed by atoms with Crippen LogP contribution in [0.2, 0.25) is 0 Å². The van der Waals surface area contributed by atoms with Gasteiger partial charge in [0.15, 0.2) is 5.75 Å². The van der Waals surface area contributed by atoms with Gasteiger partial charge in [0, 0.05) is 24.4 Å². The maximum Gasteiger partial charge on any atom is 0.308 e. The molecule has 0 aliphatic rings. The van der Waals surface area contributed by atoms with Crippen LogP contribution in [0.1, 0.15) is 18.2 Å². The number of carbonyl (C=O) groups excluding carboxylic acids is 1. The zero-order valence-corrected chi connectivity index (χ0v) is 13.4. The summed E-state index contributed by atoms with van der Waals surface area (Å²) in [6.45, 7) is 1.34. The predicted octanol–water partition coefficient (Wildman–Crippen LogP) is 4.24. The summed E-state index contributed by atoms with van der Waals surface area (Å²) in [5, 5.41) is 11.7. The van der Waals surface area contributed by atoms with E-state index in [2.05, 4.69) is 4.98 Å². The molecule has 1 aromatic heterocycles. The molecule has 6 heteroatoms. The molecule has 3 rings (SSSR count). The Balaban J connectivity index is 1.95. The van der Waals surface area contributed by atoms with Gasteiger partial charge in [0.25, 0.3) is 5.69 Å². The monoisotopic (exact) mass is 334 g/mol. The second-order valence-electron chi connectivity index (χ2n) is 5.34. The molecule has 0 radical (unpaired) electrons. The Morgan fingerprint density at radius 2 is 1.92 bits per heavy atom. The minimum atomic E-state index is -0.434. The molecule has 0 spiro atoms. The quantitative estimate of drug-likeness (QED) is 0.308. The van der Waals surface area contributed by atoms with Crippen LogP contribution in [0.5, 0.6) is 5.75 Å². The number of nitro groups is 1.